The van der Waals surface area contributed by atoms with Crippen molar-refractivity contribution in [1.29, 1.82) is 0 Å². The Balaban J connectivity index is 3.35. The van der Waals surface area contributed by atoms with Gasteiger partial charge in [0.1, 0.15) is 23.7 Å². The molecule has 0 aromatic carbocycles. The van der Waals surface area contributed by atoms with E-state index < -0.39 is 28.5 Å². The number of aromatic carboxylic acids is 1. The van der Waals surface area contributed by atoms with Crippen molar-refractivity contribution in [3.63, 3.8) is 0 Å². The Hall–Kier alpha value is -2.11. The molecule has 0 saturated heterocycles. The van der Waals surface area contributed by atoms with E-state index in [1.165, 1.54) is 0 Å². The quantitative estimate of drug-likeness (QED) is 0.678. The topological polar surface area (TPSA) is 93.8 Å². The van der Waals surface area contributed by atoms with Gasteiger partial charge in [-0.15, -0.1) is 0 Å². The fraction of sp³-hybridized carbons (Fsp3) is 0.125. The van der Waals surface area contributed by atoms with Crippen molar-refractivity contribution < 1.29 is 23.8 Å². The molecule has 0 aliphatic carbocycles. The van der Waals surface area contributed by atoms with E-state index in [-0.39, 0.29) is 0 Å². The van der Waals surface area contributed by atoms with Crippen LogP contribution in [0.5, 0.6) is 0 Å². The Morgan fingerprint density at radius 3 is 2.43 bits per heavy atom. The zero-order valence-corrected chi connectivity index (χ0v) is 7.14. The molecular formula is C8H6O6. The second kappa shape index (κ2) is 3.73. The third-order valence-corrected chi connectivity index (χ3v) is 1.50. The van der Waals surface area contributed by atoms with Crippen LogP contribution in [0, 0.1) is 0 Å². The zero-order valence-electron chi connectivity index (χ0n) is 7.14. The van der Waals surface area contributed by atoms with E-state index in [4.69, 9.17) is 5.11 Å². The smallest absolute Gasteiger partial charge is 0.345 e. The van der Waals surface area contributed by atoms with Crippen molar-refractivity contribution in [3.8, 4) is 0 Å². The predicted molar refractivity (Wildman–Crippen MR) is 43.3 cm³/mol. The molecule has 14 heavy (non-hydrogen) atoms. The predicted octanol–water partition coefficient (Wildman–Crippen LogP) is 0.125. The molecule has 0 fully saturated rings. The van der Waals surface area contributed by atoms with E-state index in [0.717, 1.165) is 19.6 Å². The number of carbonyl (C=O) groups is 2. The first-order valence-corrected chi connectivity index (χ1v) is 3.50. The molecule has 74 valence electrons. The van der Waals surface area contributed by atoms with Crippen molar-refractivity contribution in [1.82, 2.24) is 0 Å². The van der Waals surface area contributed by atoms with Gasteiger partial charge in [0.25, 0.3) is 0 Å². The standard InChI is InChI=1S/C8H6O6/c1-13-8(12)5-3-14-2-4(6(5)9)7(10)11/h2-3H,1H3,(H,10,11). The lowest BCUT2D eigenvalue weighted by Crippen LogP contribution is -2.22. The number of hydrogen-bond acceptors (Lipinski definition) is 5. The molecule has 0 amide bonds. The SMILES string of the molecule is COC(=O)c1cocc(C(=O)O)c1=O. The van der Waals surface area contributed by atoms with Gasteiger partial charge in [-0.1, -0.05) is 0 Å². The normalized spacial score (nSPS) is 9.50. The van der Waals surface area contributed by atoms with Crippen LogP contribution in [-0.2, 0) is 4.74 Å². The van der Waals surface area contributed by atoms with Crippen molar-refractivity contribution in [2.75, 3.05) is 7.11 Å². The van der Waals surface area contributed by atoms with Crippen LogP contribution in [0.15, 0.2) is 21.7 Å². The molecule has 0 unspecified atom stereocenters. The van der Waals surface area contributed by atoms with Gasteiger partial charge in [0, 0.05) is 0 Å². The van der Waals surface area contributed by atoms with Crippen LogP contribution >= 0.6 is 0 Å². The number of carboxylic acids is 1. The van der Waals surface area contributed by atoms with Crippen molar-refractivity contribution in [2.45, 2.75) is 0 Å². The van der Waals surface area contributed by atoms with Gasteiger partial charge in [-0.2, -0.15) is 0 Å². The van der Waals surface area contributed by atoms with Gasteiger partial charge in [-0.25, -0.2) is 9.59 Å². The highest BCUT2D eigenvalue weighted by atomic mass is 16.5. The third-order valence-electron chi connectivity index (χ3n) is 1.50. The Labute approximate surface area is 77.7 Å². The van der Waals surface area contributed by atoms with Crippen LogP contribution in [0.25, 0.3) is 0 Å². The van der Waals surface area contributed by atoms with Crippen molar-refractivity contribution >= 4 is 11.9 Å². The molecule has 0 aliphatic rings. The summed E-state index contributed by atoms with van der Waals surface area (Å²) in [4.78, 5) is 32.7. The minimum atomic E-state index is -1.45. The van der Waals surface area contributed by atoms with Crippen molar-refractivity contribution in [2.24, 2.45) is 0 Å². The summed E-state index contributed by atoms with van der Waals surface area (Å²) in [5.41, 5.74) is -1.96. The first kappa shape index (κ1) is 9.97. The summed E-state index contributed by atoms with van der Waals surface area (Å²) in [5, 5.41) is 8.53. The summed E-state index contributed by atoms with van der Waals surface area (Å²) < 4.78 is 8.78. The number of methoxy groups -OCH3 is 1. The molecule has 6 nitrogen and oxygen atoms in total. The fourth-order valence-corrected chi connectivity index (χ4v) is 0.821. The van der Waals surface area contributed by atoms with E-state index in [9.17, 15) is 14.4 Å². The molecular weight excluding hydrogens is 192 g/mol. The molecule has 0 saturated carbocycles. The zero-order chi connectivity index (χ0) is 10.7. The van der Waals surface area contributed by atoms with Gasteiger partial charge in [-0.3, -0.25) is 4.79 Å². The second-order valence-electron chi connectivity index (χ2n) is 2.32. The molecule has 0 spiro atoms. The first-order chi connectivity index (χ1) is 6.57. The van der Waals surface area contributed by atoms with Crippen LogP contribution in [0.4, 0.5) is 0 Å². The summed E-state index contributed by atoms with van der Waals surface area (Å²) in [5.74, 6) is -2.38. The molecule has 0 atom stereocenters. The highest BCUT2D eigenvalue weighted by molar-refractivity contribution is 5.93. The molecule has 0 bridgehead atoms. The van der Waals surface area contributed by atoms with Crippen LogP contribution in [-0.4, -0.2) is 24.2 Å². The summed E-state index contributed by atoms with van der Waals surface area (Å²) in [7, 11) is 1.08. The highest BCUT2D eigenvalue weighted by Gasteiger charge is 2.18. The average Bonchev–Trinajstić information content (AvgIpc) is 2.16. The molecule has 0 aliphatic heterocycles. The average molecular weight is 198 g/mol. The monoisotopic (exact) mass is 198 g/mol. The van der Waals surface area contributed by atoms with Gasteiger partial charge in [0.05, 0.1) is 7.11 Å². The highest BCUT2D eigenvalue weighted by Crippen LogP contribution is 1.98. The van der Waals surface area contributed by atoms with Gasteiger partial charge in [0.15, 0.2) is 0 Å². The largest absolute Gasteiger partial charge is 0.477 e. The minimum Gasteiger partial charge on any atom is -0.477 e. The lowest BCUT2D eigenvalue weighted by molar-refractivity contribution is 0.0596. The molecule has 1 aromatic rings. The first-order valence-electron chi connectivity index (χ1n) is 3.50. The fourth-order valence-electron chi connectivity index (χ4n) is 0.821. The maximum Gasteiger partial charge on any atom is 0.345 e. The van der Waals surface area contributed by atoms with E-state index in [0.29, 0.717) is 0 Å². The number of ether oxygens (including phenoxy) is 1. The maximum atomic E-state index is 11.3. The van der Waals surface area contributed by atoms with Gasteiger partial charge < -0.3 is 14.3 Å². The van der Waals surface area contributed by atoms with Crippen molar-refractivity contribution in [3.05, 3.63) is 33.9 Å². The molecule has 1 N–H and O–H groups in total. The van der Waals surface area contributed by atoms with Crippen LogP contribution < -0.4 is 5.43 Å². The number of esters is 1. The minimum absolute atomic E-state index is 0.438. The number of carbonyl (C=O) groups excluding carboxylic acids is 1. The number of carboxylic acid groups (broad SMARTS) is 1. The molecule has 1 aromatic heterocycles. The Morgan fingerprint density at radius 2 is 1.93 bits per heavy atom. The van der Waals surface area contributed by atoms with Gasteiger partial charge >= 0.3 is 11.9 Å². The lowest BCUT2D eigenvalue weighted by Gasteiger charge is -1.97. The molecule has 6 heteroatoms. The summed E-state index contributed by atoms with van der Waals surface area (Å²) in [6.07, 6.45) is 1.61. The Bertz CT molecular complexity index is 430. The maximum absolute atomic E-state index is 11.3. The van der Waals surface area contributed by atoms with E-state index in [1.54, 1.807) is 0 Å². The second-order valence-corrected chi connectivity index (χ2v) is 2.32. The van der Waals surface area contributed by atoms with E-state index >= 15 is 0 Å². The summed E-state index contributed by atoms with van der Waals surface area (Å²) >= 11 is 0. The van der Waals surface area contributed by atoms with Crippen LogP contribution in [0.3, 0.4) is 0 Å². The van der Waals surface area contributed by atoms with E-state index in [1.807, 2.05) is 0 Å². The van der Waals surface area contributed by atoms with E-state index in [2.05, 4.69) is 9.15 Å². The summed E-state index contributed by atoms with van der Waals surface area (Å²) in [6.45, 7) is 0. The van der Waals surface area contributed by atoms with Gasteiger partial charge in [0.2, 0.25) is 5.43 Å². The van der Waals surface area contributed by atoms with Crippen LogP contribution in [0.1, 0.15) is 20.7 Å². The number of hydrogen-bond donors (Lipinski definition) is 1. The third kappa shape index (κ3) is 1.63. The van der Waals surface area contributed by atoms with Gasteiger partial charge in [-0.05, 0) is 0 Å². The molecule has 1 heterocycles. The Kier molecular flexibility index (Phi) is 2.66. The lowest BCUT2D eigenvalue weighted by atomic mass is 10.2. The summed E-state index contributed by atoms with van der Waals surface area (Å²) in [6, 6.07) is 0. The van der Waals surface area contributed by atoms with Crippen LogP contribution in [0.2, 0.25) is 0 Å². The number of rotatable bonds is 2. The Morgan fingerprint density at radius 1 is 1.36 bits per heavy atom. The molecule has 1 rings (SSSR count). The molecule has 0 radical (unpaired) electrons.